The van der Waals surface area contributed by atoms with Gasteiger partial charge in [0.2, 0.25) is 5.91 Å². The zero-order chi connectivity index (χ0) is 18.4. The Morgan fingerprint density at radius 2 is 1.62 bits per heavy atom. The van der Waals surface area contributed by atoms with Crippen LogP contribution in [-0.2, 0) is 9.59 Å². The maximum atomic E-state index is 12.6. The van der Waals surface area contributed by atoms with Crippen molar-refractivity contribution >= 4 is 11.9 Å². The Balaban J connectivity index is 1.66. The van der Waals surface area contributed by atoms with Gasteiger partial charge in [0.25, 0.3) is 0 Å². The van der Waals surface area contributed by atoms with Crippen LogP contribution in [0.5, 0.6) is 5.75 Å². The second-order valence-electron chi connectivity index (χ2n) is 6.64. The van der Waals surface area contributed by atoms with E-state index < -0.39 is 11.9 Å². The van der Waals surface area contributed by atoms with Gasteiger partial charge in [-0.05, 0) is 37.0 Å². The summed E-state index contributed by atoms with van der Waals surface area (Å²) < 4.78 is 5.84. The third kappa shape index (κ3) is 4.63. The van der Waals surface area contributed by atoms with Gasteiger partial charge < -0.3 is 15.2 Å². The number of rotatable bonds is 7. The van der Waals surface area contributed by atoms with E-state index in [9.17, 15) is 9.59 Å². The lowest BCUT2D eigenvalue weighted by Gasteiger charge is -2.22. The molecule has 0 heterocycles. The van der Waals surface area contributed by atoms with Crippen molar-refractivity contribution in [2.45, 2.75) is 25.3 Å². The van der Waals surface area contributed by atoms with Crippen LogP contribution in [0.25, 0.3) is 0 Å². The van der Waals surface area contributed by atoms with Crippen molar-refractivity contribution < 1.29 is 19.4 Å². The van der Waals surface area contributed by atoms with Crippen molar-refractivity contribution in [1.82, 2.24) is 5.32 Å². The molecule has 2 aromatic rings. The molecule has 1 aliphatic rings. The number of amides is 1. The monoisotopic (exact) mass is 353 g/mol. The Labute approximate surface area is 153 Å². The number of carbonyl (C=O) groups excluding carboxylic acids is 1. The standard InChI is InChI=1S/C21H23NO4/c23-20(16-11-12-17(13-16)21(24)25)22-19(15-7-3-1-4-8-15)14-26-18-9-5-2-6-10-18/h1-10,16-17,19H,11-14H2,(H,22,23)(H,24,25)/t16-,17+,19?/m0/s1. The number of hydrogen-bond acceptors (Lipinski definition) is 3. The topological polar surface area (TPSA) is 75.6 Å². The number of para-hydroxylation sites is 1. The molecule has 3 atom stereocenters. The van der Waals surface area contributed by atoms with Crippen molar-refractivity contribution in [1.29, 1.82) is 0 Å². The van der Waals surface area contributed by atoms with Gasteiger partial charge in [0, 0.05) is 5.92 Å². The first-order valence-corrected chi connectivity index (χ1v) is 8.89. The average Bonchev–Trinajstić information content (AvgIpc) is 3.17. The second kappa shape index (κ2) is 8.52. The Morgan fingerprint density at radius 1 is 1.00 bits per heavy atom. The van der Waals surface area contributed by atoms with Crippen molar-refractivity contribution in [2.75, 3.05) is 6.61 Å². The minimum atomic E-state index is -0.813. The lowest BCUT2D eigenvalue weighted by atomic mass is 10.0. The van der Waals surface area contributed by atoms with E-state index in [-0.39, 0.29) is 17.9 Å². The van der Waals surface area contributed by atoms with Crippen LogP contribution < -0.4 is 10.1 Å². The summed E-state index contributed by atoms with van der Waals surface area (Å²) in [6.45, 7) is 0.314. The molecule has 1 saturated carbocycles. The zero-order valence-corrected chi connectivity index (χ0v) is 14.5. The molecule has 0 aromatic heterocycles. The number of carbonyl (C=O) groups is 2. The van der Waals surface area contributed by atoms with Gasteiger partial charge in [-0.2, -0.15) is 0 Å². The van der Waals surface area contributed by atoms with Gasteiger partial charge >= 0.3 is 5.97 Å². The molecule has 0 bridgehead atoms. The molecule has 0 spiro atoms. The van der Waals surface area contributed by atoms with Crippen molar-refractivity contribution in [3.8, 4) is 5.75 Å². The van der Waals surface area contributed by atoms with E-state index in [1.807, 2.05) is 60.7 Å². The maximum absolute atomic E-state index is 12.6. The average molecular weight is 353 g/mol. The highest BCUT2D eigenvalue weighted by Crippen LogP contribution is 2.31. The third-order valence-corrected chi connectivity index (χ3v) is 4.83. The molecule has 136 valence electrons. The lowest BCUT2D eigenvalue weighted by molar-refractivity contribution is -0.141. The first-order valence-electron chi connectivity index (χ1n) is 8.89. The van der Waals surface area contributed by atoms with E-state index in [0.717, 1.165) is 11.3 Å². The van der Waals surface area contributed by atoms with Crippen molar-refractivity contribution in [3.05, 3.63) is 66.2 Å². The minimum absolute atomic E-state index is 0.0979. The molecule has 3 rings (SSSR count). The maximum Gasteiger partial charge on any atom is 0.306 e. The summed E-state index contributed by atoms with van der Waals surface area (Å²) in [7, 11) is 0. The van der Waals surface area contributed by atoms with Crippen LogP contribution in [0.15, 0.2) is 60.7 Å². The lowest BCUT2D eigenvalue weighted by Crippen LogP contribution is -2.36. The van der Waals surface area contributed by atoms with Crippen molar-refractivity contribution in [2.24, 2.45) is 11.8 Å². The van der Waals surface area contributed by atoms with Crippen LogP contribution in [0.4, 0.5) is 0 Å². The van der Waals surface area contributed by atoms with E-state index in [2.05, 4.69) is 5.32 Å². The van der Waals surface area contributed by atoms with Gasteiger partial charge in [0.05, 0.1) is 12.0 Å². The van der Waals surface area contributed by atoms with Gasteiger partial charge in [-0.25, -0.2) is 0 Å². The molecule has 1 aliphatic carbocycles. The first-order chi connectivity index (χ1) is 12.6. The molecule has 1 unspecified atom stereocenters. The van der Waals surface area contributed by atoms with E-state index in [1.165, 1.54) is 0 Å². The van der Waals surface area contributed by atoms with Crippen LogP contribution in [0, 0.1) is 11.8 Å². The number of nitrogens with one attached hydrogen (secondary N) is 1. The quantitative estimate of drug-likeness (QED) is 0.800. The molecule has 26 heavy (non-hydrogen) atoms. The summed E-state index contributed by atoms with van der Waals surface area (Å²) in [6, 6.07) is 18.9. The summed E-state index contributed by atoms with van der Waals surface area (Å²) in [5, 5.41) is 12.2. The Morgan fingerprint density at radius 3 is 2.23 bits per heavy atom. The van der Waals surface area contributed by atoms with E-state index in [4.69, 9.17) is 9.84 Å². The van der Waals surface area contributed by atoms with Crippen molar-refractivity contribution in [3.63, 3.8) is 0 Å². The summed E-state index contributed by atoms with van der Waals surface area (Å²) in [6.07, 6.45) is 1.58. The van der Waals surface area contributed by atoms with Gasteiger partial charge in [-0.1, -0.05) is 48.5 Å². The normalized spacial score (nSPS) is 20.3. The predicted molar refractivity (Wildman–Crippen MR) is 97.7 cm³/mol. The molecule has 0 radical (unpaired) electrons. The number of carboxylic acid groups (broad SMARTS) is 1. The molecule has 2 N–H and O–H groups in total. The molecule has 2 aromatic carbocycles. The fraction of sp³-hybridized carbons (Fsp3) is 0.333. The molecule has 1 fully saturated rings. The SMILES string of the molecule is O=C(O)[C@@H]1CC[C@H](C(=O)NC(COc2ccccc2)c2ccccc2)C1. The molecule has 0 saturated heterocycles. The number of ether oxygens (including phenoxy) is 1. The summed E-state index contributed by atoms with van der Waals surface area (Å²) in [5.74, 6) is -0.832. The van der Waals surface area contributed by atoms with E-state index in [0.29, 0.717) is 25.9 Å². The fourth-order valence-electron chi connectivity index (χ4n) is 3.34. The van der Waals surface area contributed by atoms with E-state index in [1.54, 1.807) is 0 Å². The first kappa shape index (κ1) is 18.0. The van der Waals surface area contributed by atoms with Crippen LogP contribution in [0.3, 0.4) is 0 Å². The summed E-state index contributed by atoms with van der Waals surface area (Å²) in [5.41, 5.74) is 0.963. The van der Waals surface area contributed by atoms with Gasteiger partial charge in [0.15, 0.2) is 0 Å². The fourth-order valence-corrected chi connectivity index (χ4v) is 3.34. The highest BCUT2D eigenvalue weighted by Gasteiger charge is 2.34. The van der Waals surface area contributed by atoms with Gasteiger partial charge in [0.1, 0.15) is 12.4 Å². The smallest absolute Gasteiger partial charge is 0.306 e. The minimum Gasteiger partial charge on any atom is -0.491 e. The zero-order valence-electron chi connectivity index (χ0n) is 14.5. The van der Waals surface area contributed by atoms with E-state index >= 15 is 0 Å². The number of hydrogen-bond donors (Lipinski definition) is 2. The van der Waals surface area contributed by atoms with Crippen LogP contribution in [-0.4, -0.2) is 23.6 Å². The van der Waals surface area contributed by atoms with Gasteiger partial charge in [-0.3, -0.25) is 9.59 Å². The third-order valence-electron chi connectivity index (χ3n) is 4.83. The largest absolute Gasteiger partial charge is 0.491 e. The molecule has 5 nitrogen and oxygen atoms in total. The van der Waals surface area contributed by atoms with Crippen LogP contribution in [0.1, 0.15) is 30.9 Å². The molecular formula is C21H23NO4. The number of carboxylic acids is 1. The molecule has 5 heteroatoms. The molecule has 0 aliphatic heterocycles. The van der Waals surface area contributed by atoms with Crippen LogP contribution in [0.2, 0.25) is 0 Å². The second-order valence-corrected chi connectivity index (χ2v) is 6.64. The number of benzene rings is 2. The molecule has 1 amide bonds. The summed E-state index contributed by atoms with van der Waals surface area (Å²) >= 11 is 0. The summed E-state index contributed by atoms with van der Waals surface area (Å²) in [4.78, 5) is 23.8. The van der Waals surface area contributed by atoms with Crippen LogP contribution >= 0.6 is 0 Å². The highest BCUT2D eigenvalue weighted by molar-refractivity contribution is 5.81. The Bertz CT molecular complexity index is 732. The Hall–Kier alpha value is -2.82. The highest BCUT2D eigenvalue weighted by atomic mass is 16.5. The Kier molecular flexibility index (Phi) is 5.89. The predicted octanol–water partition coefficient (Wildman–Crippen LogP) is 3.42. The van der Waals surface area contributed by atoms with Gasteiger partial charge in [-0.15, -0.1) is 0 Å². The number of aliphatic carboxylic acids is 1. The molecular weight excluding hydrogens is 330 g/mol.